The molecule has 0 bridgehead atoms. The van der Waals surface area contributed by atoms with Gasteiger partial charge < -0.3 is 9.80 Å². The van der Waals surface area contributed by atoms with Gasteiger partial charge in [-0.25, -0.2) is 4.39 Å². The molecule has 1 fully saturated rings. The maximum absolute atomic E-state index is 14.6. The summed E-state index contributed by atoms with van der Waals surface area (Å²) < 4.78 is 14.6. The van der Waals surface area contributed by atoms with Gasteiger partial charge in [0, 0.05) is 18.4 Å². The topological polar surface area (TPSA) is 6.48 Å². The van der Waals surface area contributed by atoms with E-state index in [1.807, 2.05) is 18.3 Å². The van der Waals surface area contributed by atoms with Crippen LogP contribution in [0.15, 0.2) is 72.7 Å². The second-order valence-electron chi connectivity index (χ2n) is 6.92. The maximum Gasteiger partial charge on any atom is 0.128 e. The summed E-state index contributed by atoms with van der Waals surface area (Å²) in [6, 6.07) is 16.8. The van der Waals surface area contributed by atoms with Crippen molar-refractivity contribution in [3.63, 3.8) is 0 Å². The van der Waals surface area contributed by atoms with Crippen molar-refractivity contribution in [2.45, 2.75) is 38.9 Å². The molecule has 2 aliphatic rings. The largest absolute Gasteiger partial charge is 0.344 e. The Bertz CT molecular complexity index is 818. The van der Waals surface area contributed by atoms with Crippen LogP contribution in [0, 0.1) is 0 Å². The first-order valence-electron chi connectivity index (χ1n) is 9.48. The van der Waals surface area contributed by atoms with E-state index in [2.05, 4.69) is 66.1 Å². The third-order valence-electron chi connectivity index (χ3n) is 5.49. The minimum Gasteiger partial charge on any atom is -0.344 e. The highest BCUT2D eigenvalue weighted by Gasteiger charge is 2.42. The molecule has 0 aliphatic carbocycles. The molecule has 4 rings (SSSR count). The Morgan fingerprint density at radius 3 is 2.31 bits per heavy atom. The highest BCUT2D eigenvalue weighted by atomic mass is 19.1. The van der Waals surface area contributed by atoms with Crippen LogP contribution in [0.2, 0.25) is 0 Å². The fraction of sp³-hybridized carbons (Fsp3) is 0.304. The Hall–Kier alpha value is -2.55. The zero-order valence-electron chi connectivity index (χ0n) is 15.4. The molecule has 0 radical (unpaired) electrons. The third-order valence-corrected chi connectivity index (χ3v) is 5.49. The summed E-state index contributed by atoms with van der Waals surface area (Å²) in [5, 5.41) is 0. The number of halogens is 1. The van der Waals surface area contributed by atoms with Crippen LogP contribution in [0.5, 0.6) is 0 Å². The van der Waals surface area contributed by atoms with Crippen molar-refractivity contribution in [2.24, 2.45) is 0 Å². The molecule has 2 aromatic rings. The van der Waals surface area contributed by atoms with E-state index in [4.69, 9.17) is 0 Å². The van der Waals surface area contributed by atoms with Crippen LogP contribution in [0.3, 0.4) is 0 Å². The molecule has 0 saturated carbocycles. The van der Waals surface area contributed by atoms with E-state index < -0.39 is 0 Å². The molecule has 0 amide bonds. The van der Waals surface area contributed by atoms with Gasteiger partial charge in [-0.3, -0.25) is 0 Å². The van der Waals surface area contributed by atoms with E-state index in [1.54, 1.807) is 6.08 Å². The lowest BCUT2D eigenvalue weighted by Crippen LogP contribution is -2.31. The van der Waals surface area contributed by atoms with Crippen molar-refractivity contribution in [1.29, 1.82) is 0 Å². The van der Waals surface area contributed by atoms with Gasteiger partial charge in [0.25, 0.3) is 0 Å². The lowest BCUT2D eigenvalue weighted by Gasteiger charge is -2.34. The second kappa shape index (κ2) is 6.99. The van der Waals surface area contributed by atoms with E-state index in [9.17, 15) is 4.39 Å². The Morgan fingerprint density at radius 2 is 1.65 bits per heavy atom. The predicted octanol–water partition coefficient (Wildman–Crippen LogP) is 5.38. The second-order valence-corrected chi connectivity index (χ2v) is 6.92. The molecule has 2 unspecified atom stereocenters. The van der Waals surface area contributed by atoms with Crippen molar-refractivity contribution in [3.05, 3.63) is 89.4 Å². The van der Waals surface area contributed by atoms with Crippen molar-refractivity contribution in [3.8, 4) is 0 Å². The molecule has 134 valence electrons. The van der Waals surface area contributed by atoms with E-state index in [0.717, 1.165) is 12.8 Å². The number of allylic oxidation sites excluding steroid dienone is 2. The number of hydrogen-bond acceptors (Lipinski definition) is 2. The van der Waals surface area contributed by atoms with Crippen LogP contribution < -0.4 is 4.90 Å². The van der Waals surface area contributed by atoms with Gasteiger partial charge in [-0.1, -0.05) is 62.4 Å². The SMILES string of the molecule is CCc1cccc(CC)c1N1CC2C(F)=CC=CN2C1c1ccccc1. The maximum atomic E-state index is 14.6. The number of anilines is 1. The van der Waals surface area contributed by atoms with Crippen LogP contribution in [-0.2, 0) is 12.8 Å². The normalized spacial score (nSPS) is 21.7. The number of para-hydroxylation sites is 1. The summed E-state index contributed by atoms with van der Waals surface area (Å²) in [5.41, 5.74) is 5.14. The highest BCUT2D eigenvalue weighted by Crippen LogP contribution is 2.43. The van der Waals surface area contributed by atoms with Crippen LogP contribution in [0.1, 0.15) is 36.7 Å². The third kappa shape index (κ3) is 2.72. The number of hydrogen-bond donors (Lipinski definition) is 0. The zero-order chi connectivity index (χ0) is 18.1. The monoisotopic (exact) mass is 348 g/mol. The summed E-state index contributed by atoms with van der Waals surface area (Å²) >= 11 is 0. The standard InChI is InChI=1S/C23H25FN2/c1-3-17-12-8-13-18(4-2)22(17)26-16-21-20(24)14-9-15-25(21)23(26)19-10-6-5-7-11-19/h5-15,21,23H,3-4,16H2,1-2H3. The average Bonchev–Trinajstić information content (AvgIpc) is 3.08. The van der Waals surface area contributed by atoms with Crippen molar-refractivity contribution >= 4 is 5.69 Å². The Balaban J connectivity index is 1.87. The highest BCUT2D eigenvalue weighted by molar-refractivity contribution is 5.63. The fourth-order valence-electron chi connectivity index (χ4n) is 4.25. The molecule has 0 N–H and O–H groups in total. The molecular formula is C23H25FN2. The number of aryl methyl sites for hydroxylation is 2. The van der Waals surface area contributed by atoms with Gasteiger partial charge in [0.15, 0.2) is 0 Å². The average molecular weight is 348 g/mol. The van der Waals surface area contributed by atoms with Crippen LogP contribution >= 0.6 is 0 Å². The van der Waals surface area contributed by atoms with Gasteiger partial charge in [-0.05, 0) is 41.7 Å². The van der Waals surface area contributed by atoms with Crippen LogP contribution in [0.25, 0.3) is 0 Å². The Labute approximate surface area is 155 Å². The van der Waals surface area contributed by atoms with Crippen LogP contribution in [-0.4, -0.2) is 17.5 Å². The predicted molar refractivity (Wildman–Crippen MR) is 106 cm³/mol. The molecule has 2 nitrogen and oxygen atoms in total. The molecule has 0 aromatic heterocycles. The molecule has 2 heterocycles. The molecule has 0 spiro atoms. The summed E-state index contributed by atoms with van der Waals surface area (Å²) in [4.78, 5) is 4.57. The number of nitrogens with zero attached hydrogens (tertiary/aromatic N) is 2. The lowest BCUT2D eigenvalue weighted by molar-refractivity contribution is 0.277. The van der Waals surface area contributed by atoms with Gasteiger partial charge in [0.2, 0.25) is 0 Å². The molecular weight excluding hydrogens is 323 g/mol. The molecule has 2 aliphatic heterocycles. The lowest BCUT2D eigenvalue weighted by atomic mass is 10.0. The van der Waals surface area contributed by atoms with E-state index >= 15 is 0 Å². The quantitative estimate of drug-likeness (QED) is 0.732. The van der Waals surface area contributed by atoms with Crippen molar-refractivity contribution in [1.82, 2.24) is 4.90 Å². The van der Waals surface area contributed by atoms with Gasteiger partial charge >= 0.3 is 0 Å². The smallest absolute Gasteiger partial charge is 0.128 e. The number of fused-ring (bicyclic) bond motifs is 1. The van der Waals surface area contributed by atoms with Crippen molar-refractivity contribution < 1.29 is 4.39 Å². The fourth-order valence-corrected chi connectivity index (χ4v) is 4.25. The van der Waals surface area contributed by atoms with E-state index in [0.29, 0.717) is 6.54 Å². The summed E-state index contributed by atoms with van der Waals surface area (Å²) in [5.74, 6) is -0.0528. The summed E-state index contributed by atoms with van der Waals surface area (Å²) in [6.45, 7) is 5.05. The van der Waals surface area contributed by atoms with Gasteiger partial charge in [0.05, 0.1) is 0 Å². The van der Waals surface area contributed by atoms with Gasteiger partial charge in [-0.15, -0.1) is 0 Å². The number of benzene rings is 2. The zero-order valence-corrected chi connectivity index (χ0v) is 15.4. The molecule has 2 atom stereocenters. The first-order valence-corrected chi connectivity index (χ1v) is 9.48. The molecule has 3 heteroatoms. The van der Waals surface area contributed by atoms with Gasteiger partial charge in [0.1, 0.15) is 18.0 Å². The number of rotatable bonds is 4. The Morgan fingerprint density at radius 1 is 0.962 bits per heavy atom. The molecule has 2 aromatic carbocycles. The minimum absolute atomic E-state index is 0.00917. The van der Waals surface area contributed by atoms with Crippen LogP contribution in [0.4, 0.5) is 10.1 Å². The first kappa shape index (κ1) is 16.9. The summed E-state index contributed by atoms with van der Waals surface area (Å²) in [7, 11) is 0. The van der Waals surface area contributed by atoms with Crippen molar-refractivity contribution in [2.75, 3.05) is 11.4 Å². The first-order chi connectivity index (χ1) is 12.7. The summed E-state index contributed by atoms with van der Waals surface area (Å²) in [6.07, 6.45) is 7.40. The van der Waals surface area contributed by atoms with Gasteiger partial charge in [-0.2, -0.15) is 0 Å². The molecule has 1 saturated heterocycles. The molecule has 26 heavy (non-hydrogen) atoms. The Kier molecular flexibility index (Phi) is 4.54. The van der Waals surface area contributed by atoms with E-state index in [-0.39, 0.29) is 18.0 Å². The van der Waals surface area contributed by atoms with E-state index in [1.165, 1.54) is 22.4 Å². The minimum atomic E-state index is -0.222.